The molecule has 13 heteroatoms. The van der Waals surface area contributed by atoms with Crippen LogP contribution in [-0.4, -0.2) is 96.8 Å². The molecule has 202 valence electrons. The smallest absolute Gasteiger partial charge is 0.376 e. The zero-order valence-corrected chi connectivity index (χ0v) is 20.7. The first-order valence-corrected chi connectivity index (χ1v) is 12.5. The molecule has 0 aromatic carbocycles. The van der Waals surface area contributed by atoms with Crippen LogP contribution >= 0.6 is 0 Å². The fourth-order valence-corrected chi connectivity index (χ4v) is 5.30. The minimum absolute atomic E-state index is 0.00439. The SMILES string of the molecule is C[C@@H](CC(=O)N1CCN(c2ccc(C#N)cn2)CC1)OC[C@@H]1CCCN1C1CNNC(=O)C1C(F)(F)F. The molecule has 1 aromatic heterocycles. The van der Waals surface area contributed by atoms with Crippen LogP contribution in [0.3, 0.4) is 0 Å². The number of hydrogen-bond donors (Lipinski definition) is 2. The average Bonchev–Trinajstić information content (AvgIpc) is 3.35. The molecule has 2 unspecified atom stereocenters. The first kappa shape index (κ1) is 27.1. The molecule has 3 fully saturated rings. The number of rotatable bonds is 7. The summed E-state index contributed by atoms with van der Waals surface area (Å²) >= 11 is 0. The lowest BCUT2D eigenvalue weighted by Crippen LogP contribution is -2.65. The molecule has 1 aromatic rings. The van der Waals surface area contributed by atoms with Gasteiger partial charge in [0.2, 0.25) is 11.8 Å². The summed E-state index contributed by atoms with van der Waals surface area (Å²) in [6.45, 7) is 4.80. The van der Waals surface area contributed by atoms with Crippen molar-refractivity contribution in [1.29, 1.82) is 5.26 Å². The summed E-state index contributed by atoms with van der Waals surface area (Å²) in [6.07, 6.45) is -1.91. The number of likely N-dealkylation sites (tertiary alicyclic amines) is 1. The lowest BCUT2D eigenvalue weighted by molar-refractivity contribution is -0.202. The van der Waals surface area contributed by atoms with E-state index >= 15 is 0 Å². The summed E-state index contributed by atoms with van der Waals surface area (Å²) in [6, 6.07) is 4.31. The lowest BCUT2D eigenvalue weighted by atomic mass is 9.94. The highest BCUT2D eigenvalue weighted by Crippen LogP contribution is 2.35. The number of anilines is 1. The van der Waals surface area contributed by atoms with Crippen LogP contribution in [0.4, 0.5) is 19.0 Å². The summed E-state index contributed by atoms with van der Waals surface area (Å²) in [5.41, 5.74) is 5.17. The van der Waals surface area contributed by atoms with Gasteiger partial charge in [0.15, 0.2) is 5.92 Å². The van der Waals surface area contributed by atoms with E-state index in [2.05, 4.69) is 20.7 Å². The molecule has 3 aliphatic heterocycles. The fourth-order valence-electron chi connectivity index (χ4n) is 5.30. The molecule has 2 N–H and O–H groups in total. The Bertz CT molecular complexity index is 993. The van der Waals surface area contributed by atoms with E-state index in [1.807, 2.05) is 6.07 Å². The molecule has 3 aliphatic rings. The Morgan fingerprint density at radius 3 is 2.68 bits per heavy atom. The van der Waals surface area contributed by atoms with Crippen molar-refractivity contribution < 1.29 is 27.5 Å². The maximum Gasteiger partial charge on any atom is 0.402 e. The summed E-state index contributed by atoms with van der Waals surface area (Å²) in [5, 5.41) is 8.91. The minimum atomic E-state index is -4.63. The van der Waals surface area contributed by atoms with Crippen LogP contribution in [0.2, 0.25) is 0 Å². The average molecular weight is 524 g/mol. The summed E-state index contributed by atoms with van der Waals surface area (Å²) in [7, 11) is 0. The minimum Gasteiger partial charge on any atom is -0.376 e. The number of amides is 2. The summed E-state index contributed by atoms with van der Waals surface area (Å²) in [4.78, 5) is 34.7. The van der Waals surface area contributed by atoms with Gasteiger partial charge in [-0.05, 0) is 38.4 Å². The highest BCUT2D eigenvalue weighted by molar-refractivity contribution is 5.80. The number of aromatic nitrogens is 1. The highest BCUT2D eigenvalue weighted by Gasteiger charge is 2.54. The van der Waals surface area contributed by atoms with E-state index in [4.69, 9.17) is 10.00 Å². The first-order valence-electron chi connectivity index (χ1n) is 12.5. The Morgan fingerprint density at radius 2 is 2.03 bits per heavy atom. The van der Waals surface area contributed by atoms with E-state index in [0.29, 0.717) is 44.7 Å². The van der Waals surface area contributed by atoms with Gasteiger partial charge in [0, 0.05) is 51.0 Å². The Hall–Kier alpha value is -2.95. The van der Waals surface area contributed by atoms with Crippen molar-refractivity contribution in [2.75, 3.05) is 50.8 Å². The number of carbonyl (C=O) groups excluding carboxylic acids is 2. The highest BCUT2D eigenvalue weighted by atomic mass is 19.4. The quantitative estimate of drug-likeness (QED) is 0.545. The van der Waals surface area contributed by atoms with Gasteiger partial charge in [0.1, 0.15) is 11.9 Å². The predicted molar refractivity (Wildman–Crippen MR) is 127 cm³/mol. The van der Waals surface area contributed by atoms with Crippen LogP contribution in [0.15, 0.2) is 18.3 Å². The number of nitrogens with zero attached hydrogens (tertiary/aromatic N) is 5. The van der Waals surface area contributed by atoms with E-state index in [0.717, 1.165) is 12.2 Å². The number of halogens is 3. The molecule has 4 atom stereocenters. The van der Waals surface area contributed by atoms with Crippen molar-refractivity contribution in [1.82, 2.24) is 25.6 Å². The van der Waals surface area contributed by atoms with Crippen molar-refractivity contribution >= 4 is 17.6 Å². The second-order valence-electron chi connectivity index (χ2n) is 9.72. The molecule has 10 nitrogen and oxygen atoms in total. The Labute approximate surface area is 213 Å². The van der Waals surface area contributed by atoms with Gasteiger partial charge >= 0.3 is 6.18 Å². The van der Waals surface area contributed by atoms with Gasteiger partial charge in [0.25, 0.3) is 0 Å². The predicted octanol–water partition coefficient (Wildman–Crippen LogP) is 1.04. The molecule has 0 saturated carbocycles. The van der Waals surface area contributed by atoms with Gasteiger partial charge in [-0.3, -0.25) is 19.9 Å². The van der Waals surface area contributed by atoms with Crippen molar-refractivity contribution in [3.05, 3.63) is 23.9 Å². The number of nitriles is 1. The monoisotopic (exact) mass is 523 g/mol. The van der Waals surface area contributed by atoms with Gasteiger partial charge in [0.05, 0.1) is 24.7 Å². The molecule has 4 heterocycles. The molecule has 2 amide bonds. The zero-order valence-electron chi connectivity index (χ0n) is 20.7. The number of piperazine rings is 1. The largest absolute Gasteiger partial charge is 0.402 e. The van der Waals surface area contributed by atoms with E-state index in [9.17, 15) is 22.8 Å². The maximum atomic E-state index is 13.6. The van der Waals surface area contributed by atoms with E-state index in [-0.39, 0.29) is 37.6 Å². The first-order chi connectivity index (χ1) is 17.7. The van der Waals surface area contributed by atoms with E-state index in [1.165, 1.54) is 6.20 Å². The normalized spacial score (nSPS) is 26.0. The Balaban J connectivity index is 1.24. The van der Waals surface area contributed by atoms with Gasteiger partial charge in [-0.15, -0.1) is 0 Å². The number of carbonyl (C=O) groups is 2. The third-order valence-electron chi connectivity index (χ3n) is 7.26. The fraction of sp³-hybridized carbons (Fsp3) is 0.667. The number of ether oxygens (including phenoxy) is 1. The van der Waals surface area contributed by atoms with Crippen molar-refractivity contribution in [3.63, 3.8) is 0 Å². The maximum absolute atomic E-state index is 13.6. The molecule has 0 spiro atoms. The van der Waals surface area contributed by atoms with E-state index < -0.39 is 24.0 Å². The zero-order chi connectivity index (χ0) is 26.6. The molecule has 0 aliphatic carbocycles. The van der Waals surface area contributed by atoms with Gasteiger partial charge in [-0.25, -0.2) is 10.4 Å². The lowest BCUT2D eigenvalue weighted by Gasteiger charge is -2.41. The van der Waals surface area contributed by atoms with Crippen molar-refractivity contribution in [2.24, 2.45) is 5.92 Å². The summed E-state index contributed by atoms with van der Waals surface area (Å²) in [5.74, 6) is -2.42. The standard InChI is InChI=1S/C24H32F3N7O3/c1-16(11-21(35)33-9-7-32(8-10-33)20-5-4-17(12-28)13-29-20)37-15-18-3-2-6-34(18)19-14-30-31-23(36)22(19)24(25,26)27/h4-5,13,16,18-19,22,30H,2-3,6-11,14-15H2,1H3,(H,31,36)/t16-,18-,19?,22?/m0/s1. The van der Waals surface area contributed by atoms with Crippen molar-refractivity contribution in [3.8, 4) is 6.07 Å². The van der Waals surface area contributed by atoms with Crippen LogP contribution in [-0.2, 0) is 14.3 Å². The number of pyridine rings is 1. The molecule has 0 bridgehead atoms. The van der Waals surface area contributed by atoms with Gasteiger partial charge < -0.3 is 14.5 Å². The van der Waals surface area contributed by atoms with Crippen molar-refractivity contribution in [2.45, 2.75) is 50.6 Å². The van der Waals surface area contributed by atoms with Crippen LogP contribution in [0.1, 0.15) is 31.7 Å². The third kappa shape index (κ3) is 6.49. The third-order valence-corrected chi connectivity index (χ3v) is 7.26. The number of hydrazine groups is 1. The Morgan fingerprint density at radius 1 is 1.27 bits per heavy atom. The molecule has 0 radical (unpaired) electrons. The van der Waals surface area contributed by atoms with Gasteiger partial charge in [-0.2, -0.15) is 18.4 Å². The molecular weight excluding hydrogens is 491 g/mol. The second-order valence-corrected chi connectivity index (χ2v) is 9.72. The topological polar surface area (TPSA) is 114 Å². The number of alkyl halides is 3. The van der Waals surface area contributed by atoms with Crippen LogP contribution in [0.25, 0.3) is 0 Å². The number of hydrogen-bond acceptors (Lipinski definition) is 8. The Kier molecular flexibility index (Phi) is 8.51. The molecule has 4 rings (SSSR count). The van der Waals surface area contributed by atoms with E-state index in [1.54, 1.807) is 28.9 Å². The molecular formula is C24H32F3N7O3. The van der Waals surface area contributed by atoms with Crippen LogP contribution in [0, 0.1) is 17.2 Å². The van der Waals surface area contributed by atoms with Crippen LogP contribution < -0.4 is 15.8 Å². The van der Waals surface area contributed by atoms with Crippen LogP contribution in [0.5, 0.6) is 0 Å². The second kappa shape index (κ2) is 11.6. The van der Waals surface area contributed by atoms with Gasteiger partial charge in [-0.1, -0.05) is 0 Å². The summed E-state index contributed by atoms with van der Waals surface area (Å²) < 4.78 is 46.7. The molecule has 3 saturated heterocycles. The number of nitrogens with one attached hydrogen (secondary N) is 2. The molecule has 37 heavy (non-hydrogen) atoms.